The van der Waals surface area contributed by atoms with Crippen LogP contribution in [0.2, 0.25) is 0 Å². The Morgan fingerprint density at radius 3 is 2.87 bits per heavy atom. The van der Waals surface area contributed by atoms with Gasteiger partial charge in [-0.3, -0.25) is 9.89 Å². The Balaban J connectivity index is 1.65. The summed E-state index contributed by atoms with van der Waals surface area (Å²) in [5.74, 6) is 0.375. The zero-order chi connectivity index (χ0) is 10.5. The molecule has 0 unspecified atom stereocenters. The lowest BCUT2D eigenvalue weighted by Crippen LogP contribution is -2.64. The minimum Gasteiger partial charge on any atom is -0.386 e. The van der Waals surface area contributed by atoms with E-state index in [2.05, 4.69) is 10.2 Å². The lowest BCUT2D eigenvalue weighted by molar-refractivity contribution is -0.0958. The molecule has 1 amide bonds. The zero-order valence-electron chi connectivity index (χ0n) is 8.31. The topological polar surface area (TPSA) is 69.2 Å². The van der Waals surface area contributed by atoms with Gasteiger partial charge in [0.05, 0.1) is 24.8 Å². The van der Waals surface area contributed by atoms with Crippen LogP contribution in [0.25, 0.3) is 0 Å². The van der Waals surface area contributed by atoms with Crippen LogP contribution in [0.4, 0.5) is 0 Å². The number of β-amino-alcohol motifs (C(OH)–C–C–N with tert-alkyl or cyclic N) is 1. The van der Waals surface area contributed by atoms with E-state index < -0.39 is 5.60 Å². The second kappa shape index (κ2) is 2.82. The molecular weight excluding hydrogens is 194 g/mol. The largest absolute Gasteiger partial charge is 0.386 e. The van der Waals surface area contributed by atoms with Crippen molar-refractivity contribution in [1.29, 1.82) is 0 Å². The highest BCUT2D eigenvalue weighted by molar-refractivity contribution is 5.94. The van der Waals surface area contributed by atoms with Crippen LogP contribution < -0.4 is 0 Å². The first kappa shape index (κ1) is 8.91. The zero-order valence-corrected chi connectivity index (χ0v) is 8.31. The van der Waals surface area contributed by atoms with Gasteiger partial charge in [0.15, 0.2) is 0 Å². The van der Waals surface area contributed by atoms with E-state index in [0.717, 1.165) is 12.8 Å². The van der Waals surface area contributed by atoms with Gasteiger partial charge in [-0.05, 0) is 18.8 Å². The number of amides is 1. The summed E-state index contributed by atoms with van der Waals surface area (Å²) in [6, 6.07) is 0. The van der Waals surface area contributed by atoms with Crippen LogP contribution in [0.3, 0.4) is 0 Å². The van der Waals surface area contributed by atoms with E-state index in [1.54, 1.807) is 11.1 Å². The first-order valence-electron chi connectivity index (χ1n) is 5.19. The molecule has 1 aromatic rings. The summed E-state index contributed by atoms with van der Waals surface area (Å²) in [6.45, 7) is 0.948. The first-order valence-corrected chi connectivity index (χ1v) is 5.19. The Hall–Kier alpha value is -1.36. The normalized spacial score (nSPS) is 23.7. The molecule has 2 heterocycles. The van der Waals surface area contributed by atoms with Gasteiger partial charge in [0.1, 0.15) is 5.60 Å². The maximum absolute atomic E-state index is 11.8. The van der Waals surface area contributed by atoms with Crippen LogP contribution in [0.1, 0.15) is 23.2 Å². The molecular formula is C10H13N3O2. The van der Waals surface area contributed by atoms with E-state index in [4.69, 9.17) is 0 Å². The second-order valence-corrected chi connectivity index (χ2v) is 4.53. The van der Waals surface area contributed by atoms with Gasteiger partial charge in [0, 0.05) is 6.20 Å². The third-order valence-corrected chi connectivity index (χ3v) is 3.30. The number of aromatic nitrogens is 2. The van der Waals surface area contributed by atoms with Gasteiger partial charge in [-0.2, -0.15) is 5.10 Å². The molecule has 1 saturated heterocycles. The fourth-order valence-electron chi connectivity index (χ4n) is 2.19. The monoisotopic (exact) mass is 207 g/mol. The highest BCUT2D eigenvalue weighted by atomic mass is 16.3. The number of carbonyl (C=O) groups excluding carboxylic acids is 1. The molecule has 0 radical (unpaired) electrons. The van der Waals surface area contributed by atoms with Crippen LogP contribution >= 0.6 is 0 Å². The van der Waals surface area contributed by atoms with Crippen molar-refractivity contribution in [3.05, 3.63) is 18.0 Å². The third-order valence-electron chi connectivity index (χ3n) is 3.30. The molecule has 0 aromatic carbocycles. The maximum atomic E-state index is 11.8. The molecule has 2 N–H and O–H groups in total. The van der Waals surface area contributed by atoms with Gasteiger partial charge >= 0.3 is 0 Å². The van der Waals surface area contributed by atoms with Crippen molar-refractivity contribution in [2.75, 3.05) is 13.1 Å². The minimum absolute atomic E-state index is 0.0472. The van der Waals surface area contributed by atoms with Crippen molar-refractivity contribution in [3.8, 4) is 0 Å². The molecule has 80 valence electrons. The van der Waals surface area contributed by atoms with Crippen LogP contribution in [-0.2, 0) is 0 Å². The van der Waals surface area contributed by atoms with Crippen LogP contribution in [0.15, 0.2) is 12.4 Å². The Kier molecular flexibility index (Phi) is 1.68. The Labute approximate surface area is 87.1 Å². The molecule has 0 spiro atoms. The van der Waals surface area contributed by atoms with Gasteiger partial charge in [-0.1, -0.05) is 0 Å². The molecule has 0 bridgehead atoms. The van der Waals surface area contributed by atoms with Crippen molar-refractivity contribution < 1.29 is 9.90 Å². The quantitative estimate of drug-likeness (QED) is 0.717. The van der Waals surface area contributed by atoms with E-state index in [1.807, 2.05) is 0 Å². The van der Waals surface area contributed by atoms with Gasteiger partial charge in [-0.15, -0.1) is 0 Å². The number of rotatable bonds is 2. The van der Waals surface area contributed by atoms with Crippen molar-refractivity contribution in [1.82, 2.24) is 15.1 Å². The smallest absolute Gasteiger partial charge is 0.257 e. The highest BCUT2D eigenvalue weighted by Gasteiger charge is 2.53. The van der Waals surface area contributed by atoms with Gasteiger partial charge in [0.25, 0.3) is 5.91 Å². The SMILES string of the molecule is O=C(c1cn[nH]c1)N1CC(O)(C2CC2)C1. The number of aliphatic hydroxyl groups is 1. The number of hydrogen-bond acceptors (Lipinski definition) is 3. The van der Waals surface area contributed by atoms with Crippen molar-refractivity contribution in [3.63, 3.8) is 0 Å². The molecule has 1 aliphatic heterocycles. The van der Waals surface area contributed by atoms with Gasteiger partial charge in [-0.25, -0.2) is 0 Å². The number of aromatic amines is 1. The average Bonchev–Trinajstić information content (AvgIpc) is 2.89. The minimum atomic E-state index is -0.598. The molecule has 2 aliphatic rings. The Bertz CT molecular complexity index is 377. The number of nitrogens with one attached hydrogen (secondary N) is 1. The fourth-order valence-corrected chi connectivity index (χ4v) is 2.19. The van der Waals surface area contributed by atoms with Crippen LogP contribution in [-0.4, -0.2) is 44.8 Å². The van der Waals surface area contributed by atoms with Crippen LogP contribution in [0.5, 0.6) is 0 Å². The van der Waals surface area contributed by atoms with Gasteiger partial charge in [0.2, 0.25) is 0 Å². The molecule has 5 heteroatoms. The van der Waals surface area contributed by atoms with E-state index in [0.29, 0.717) is 24.6 Å². The van der Waals surface area contributed by atoms with Crippen molar-refractivity contribution in [2.45, 2.75) is 18.4 Å². The number of carbonyl (C=O) groups is 1. The molecule has 1 aliphatic carbocycles. The van der Waals surface area contributed by atoms with E-state index in [9.17, 15) is 9.90 Å². The van der Waals surface area contributed by atoms with E-state index >= 15 is 0 Å². The third kappa shape index (κ3) is 1.34. The molecule has 2 fully saturated rings. The summed E-state index contributed by atoms with van der Waals surface area (Å²) in [7, 11) is 0. The molecule has 15 heavy (non-hydrogen) atoms. The summed E-state index contributed by atoms with van der Waals surface area (Å²) in [5, 5.41) is 16.4. The summed E-state index contributed by atoms with van der Waals surface area (Å²) in [4.78, 5) is 13.4. The Morgan fingerprint density at radius 2 is 2.33 bits per heavy atom. The fraction of sp³-hybridized carbons (Fsp3) is 0.600. The second-order valence-electron chi connectivity index (χ2n) is 4.53. The van der Waals surface area contributed by atoms with Crippen LogP contribution in [0, 0.1) is 5.92 Å². The Morgan fingerprint density at radius 1 is 1.60 bits per heavy atom. The van der Waals surface area contributed by atoms with Crippen molar-refractivity contribution in [2.24, 2.45) is 5.92 Å². The van der Waals surface area contributed by atoms with Crippen molar-refractivity contribution >= 4 is 5.91 Å². The predicted octanol–water partition coefficient (Wildman–Crippen LogP) is 0.00660. The molecule has 1 saturated carbocycles. The molecule has 3 rings (SSSR count). The maximum Gasteiger partial charge on any atom is 0.257 e. The summed E-state index contributed by atoms with van der Waals surface area (Å²) in [6.07, 6.45) is 5.29. The lowest BCUT2D eigenvalue weighted by atomic mass is 9.88. The highest BCUT2D eigenvalue weighted by Crippen LogP contribution is 2.44. The number of hydrogen-bond donors (Lipinski definition) is 2. The summed E-state index contributed by atoms with van der Waals surface area (Å²) < 4.78 is 0. The standard InChI is InChI=1S/C10H13N3O2/c14-9(7-3-11-12-4-7)13-5-10(15,6-13)8-1-2-8/h3-4,8,15H,1-2,5-6H2,(H,11,12). The predicted molar refractivity (Wildman–Crippen MR) is 52.2 cm³/mol. The average molecular weight is 207 g/mol. The lowest BCUT2D eigenvalue weighted by Gasteiger charge is -2.46. The summed E-state index contributed by atoms with van der Waals surface area (Å²) in [5.41, 5.74) is -0.0350. The number of nitrogens with zero attached hydrogens (tertiary/aromatic N) is 2. The molecule has 5 nitrogen and oxygen atoms in total. The van der Waals surface area contributed by atoms with E-state index in [1.165, 1.54) is 6.20 Å². The first-order chi connectivity index (χ1) is 7.19. The number of likely N-dealkylation sites (tertiary alicyclic amines) is 1. The number of H-pyrrole nitrogens is 1. The van der Waals surface area contributed by atoms with E-state index in [-0.39, 0.29) is 5.91 Å². The summed E-state index contributed by atoms with van der Waals surface area (Å²) >= 11 is 0. The molecule has 1 aromatic heterocycles. The van der Waals surface area contributed by atoms with Gasteiger partial charge < -0.3 is 10.0 Å². The molecule has 0 atom stereocenters.